The quantitative estimate of drug-likeness (QED) is 0.777. The molecular weight excluding hydrogens is 206 g/mol. The lowest BCUT2D eigenvalue weighted by Crippen LogP contribution is -2.35. The van der Waals surface area contributed by atoms with E-state index in [-0.39, 0.29) is 0 Å². The van der Waals surface area contributed by atoms with Crippen molar-refractivity contribution < 1.29 is 4.52 Å². The van der Waals surface area contributed by atoms with Crippen molar-refractivity contribution in [2.24, 2.45) is 0 Å². The molecule has 0 aliphatic carbocycles. The van der Waals surface area contributed by atoms with E-state index in [0.29, 0.717) is 11.8 Å². The van der Waals surface area contributed by atoms with Gasteiger partial charge in [0.2, 0.25) is 0 Å². The predicted molar refractivity (Wildman–Crippen MR) is 59.1 cm³/mol. The molecule has 0 spiro atoms. The van der Waals surface area contributed by atoms with Crippen LogP contribution in [0.15, 0.2) is 17.0 Å². The van der Waals surface area contributed by atoms with Gasteiger partial charge in [-0.1, -0.05) is 5.16 Å². The first kappa shape index (κ1) is 9.53. The maximum Gasteiger partial charge on any atom is 0.262 e. The third-order valence-electron chi connectivity index (χ3n) is 2.85. The number of nitrogens with zero attached hydrogens (tertiary/aromatic N) is 3. The third kappa shape index (κ3) is 1.71. The number of aromatic nitrogens is 3. The monoisotopic (exact) mass is 219 g/mol. The normalized spacial score (nSPS) is 17.8. The van der Waals surface area contributed by atoms with Crippen molar-refractivity contribution >= 4 is 16.9 Å². The molecule has 6 nitrogen and oxygen atoms in total. The van der Waals surface area contributed by atoms with Gasteiger partial charge in [0.15, 0.2) is 0 Å². The molecule has 2 N–H and O–H groups in total. The van der Waals surface area contributed by atoms with Gasteiger partial charge >= 0.3 is 0 Å². The van der Waals surface area contributed by atoms with Gasteiger partial charge in [-0.25, -0.2) is 4.98 Å². The first-order chi connectivity index (χ1) is 7.93. The van der Waals surface area contributed by atoms with Crippen LogP contribution in [0.3, 0.4) is 0 Å². The van der Waals surface area contributed by atoms with Gasteiger partial charge in [-0.3, -0.25) is 0 Å². The molecule has 6 heteroatoms. The molecule has 0 radical (unpaired) electrons. The van der Waals surface area contributed by atoms with Gasteiger partial charge < -0.3 is 15.2 Å². The summed E-state index contributed by atoms with van der Waals surface area (Å²) in [5.74, 6) is 0.818. The number of piperidine rings is 1. The van der Waals surface area contributed by atoms with E-state index in [1.807, 2.05) is 0 Å². The average molecular weight is 219 g/mol. The molecule has 0 unspecified atom stereocenters. The van der Waals surface area contributed by atoms with Crippen LogP contribution in [0.5, 0.6) is 0 Å². The van der Waals surface area contributed by atoms with E-state index < -0.39 is 0 Å². The van der Waals surface area contributed by atoms with Crippen LogP contribution in [0.1, 0.15) is 12.8 Å². The molecule has 84 valence electrons. The third-order valence-corrected chi connectivity index (χ3v) is 2.85. The van der Waals surface area contributed by atoms with E-state index in [1.54, 1.807) is 6.20 Å². The van der Waals surface area contributed by atoms with E-state index in [0.717, 1.165) is 37.1 Å². The van der Waals surface area contributed by atoms with Crippen LogP contribution in [0.4, 0.5) is 5.82 Å². The zero-order valence-electron chi connectivity index (χ0n) is 8.81. The molecule has 0 bridgehead atoms. The molecule has 0 amide bonds. The summed E-state index contributed by atoms with van der Waals surface area (Å²) in [6, 6.07) is 0.467. The molecule has 1 aliphatic rings. The zero-order chi connectivity index (χ0) is 10.8. The van der Waals surface area contributed by atoms with Crippen molar-refractivity contribution in [2.45, 2.75) is 18.9 Å². The fourth-order valence-corrected chi connectivity index (χ4v) is 1.97. The Kier molecular flexibility index (Phi) is 2.41. The average Bonchev–Trinajstić information content (AvgIpc) is 2.80. The molecule has 1 aliphatic heterocycles. The summed E-state index contributed by atoms with van der Waals surface area (Å²) in [4.78, 5) is 8.23. The van der Waals surface area contributed by atoms with Gasteiger partial charge in [0, 0.05) is 6.04 Å². The molecule has 0 atom stereocenters. The van der Waals surface area contributed by atoms with Gasteiger partial charge in [-0.15, -0.1) is 0 Å². The van der Waals surface area contributed by atoms with Gasteiger partial charge in [0.1, 0.15) is 17.5 Å². The second kappa shape index (κ2) is 4.05. The molecule has 0 aromatic carbocycles. The Morgan fingerprint density at radius 3 is 3.06 bits per heavy atom. The molecule has 2 aromatic heterocycles. The highest BCUT2D eigenvalue weighted by molar-refractivity contribution is 5.84. The number of hydrogen-bond acceptors (Lipinski definition) is 6. The summed E-state index contributed by atoms with van der Waals surface area (Å²) < 4.78 is 4.99. The molecule has 16 heavy (non-hydrogen) atoms. The predicted octanol–water partition coefficient (Wildman–Crippen LogP) is 0.782. The van der Waals surface area contributed by atoms with Crippen LogP contribution in [0.25, 0.3) is 11.1 Å². The fraction of sp³-hybridized carbons (Fsp3) is 0.500. The topological polar surface area (TPSA) is 75.9 Å². The first-order valence-corrected chi connectivity index (χ1v) is 5.46. The summed E-state index contributed by atoms with van der Waals surface area (Å²) in [6.45, 7) is 2.10. The van der Waals surface area contributed by atoms with Crippen molar-refractivity contribution in [1.29, 1.82) is 0 Å². The number of anilines is 1. The fourth-order valence-electron chi connectivity index (χ4n) is 1.97. The lowest BCUT2D eigenvalue weighted by Gasteiger charge is -2.24. The molecular formula is C10H13N5O. The lowest BCUT2D eigenvalue weighted by atomic mass is 10.1. The molecule has 1 saturated heterocycles. The Hall–Kier alpha value is -1.69. The van der Waals surface area contributed by atoms with Crippen LogP contribution in [0.2, 0.25) is 0 Å². The van der Waals surface area contributed by atoms with Crippen molar-refractivity contribution in [2.75, 3.05) is 18.4 Å². The Morgan fingerprint density at radius 2 is 2.19 bits per heavy atom. The maximum absolute atomic E-state index is 4.99. The van der Waals surface area contributed by atoms with Crippen LogP contribution < -0.4 is 10.6 Å². The SMILES string of the molecule is c1nc(NC2CCNCC2)c2cnoc2n1. The molecule has 3 heterocycles. The van der Waals surface area contributed by atoms with E-state index in [4.69, 9.17) is 4.52 Å². The van der Waals surface area contributed by atoms with Crippen molar-refractivity contribution in [1.82, 2.24) is 20.4 Å². The van der Waals surface area contributed by atoms with Crippen molar-refractivity contribution in [3.63, 3.8) is 0 Å². The van der Waals surface area contributed by atoms with Gasteiger partial charge in [-0.05, 0) is 25.9 Å². The summed E-state index contributed by atoms with van der Waals surface area (Å²) >= 11 is 0. The van der Waals surface area contributed by atoms with Gasteiger partial charge in [0.25, 0.3) is 5.71 Å². The van der Waals surface area contributed by atoms with Crippen molar-refractivity contribution in [3.05, 3.63) is 12.5 Å². The Morgan fingerprint density at radius 1 is 1.31 bits per heavy atom. The number of hydrogen-bond donors (Lipinski definition) is 2. The largest absolute Gasteiger partial charge is 0.366 e. The highest BCUT2D eigenvalue weighted by Gasteiger charge is 2.15. The first-order valence-electron chi connectivity index (χ1n) is 5.46. The highest BCUT2D eigenvalue weighted by atomic mass is 16.5. The molecule has 3 rings (SSSR count). The summed E-state index contributed by atoms with van der Waals surface area (Å²) in [6.07, 6.45) is 5.36. The van der Waals surface area contributed by atoms with Crippen LogP contribution in [-0.2, 0) is 0 Å². The standard InChI is InChI=1S/C10H13N5O/c1-3-11-4-2-7(1)15-9-8-5-14-16-10(8)13-6-12-9/h5-7,11H,1-4H2,(H,12,13,15). The molecule has 1 fully saturated rings. The van der Waals surface area contributed by atoms with E-state index in [2.05, 4.69) is 25.8 Å². The minimum Gasteiger partial charge on any atom is -0.366 e. The van der Waals surface area contributed by atoms with E-state index in [9.17, 15) is 0 Å². The van der Waals surface area contributed by atoms with Crippen molar-refractivity contribution in [3.8, 4) is 0 Å². The Bertz CT molecular complexity index is 477. The number of fused-ring (bicyclic) bond motifs is 1. The minimum absolute atomic E-state index is 0.467. The van der Waals surface area contributed by atoms with Crippen LogP contribution in [0, 0.1) is 0 Å². The number of nitrogens with one attached hydrogen (secondary N) is 2. The smallest absolute Gasteiger partial charge is 0.262 e. The summed E-state index contributed by atoms with van der Waals surface area (Å²) in [5, 5.41) is 11.3. The Labute approximate surface area is 92.4 Å². The number of rotatable bonds is 2. The second-order valence-corrected chi connectivity index (χ2v) is 3.94. The van der Waals surface area contributed by atoms with E-state index in [1.165, 1.54) is 6.33 Å². The minimum atomic E-state index is 0.467. The van der Waals surface area contributed by atoms with Crippen LogP contribution in [-0.4, -0.2) is 34.3 Å². The van der Waals surface area contributed by atoms with Crippen LogP contribution >= 0.6 is 0 Å². The van der Waals surface area contributed by atoms with Gasteiger partial charge in [-0.2, -0.15) is 4.98 Å². The second-order valence-electron chi connectivity index (χ2n) is 3.94. The molecule has 0 saturated carbocycles. The van der Waals surface area contributed by atoms with Gasteiger partial charge in [0.05, 0.1) is 6.20 Å². The highest BCUT2D eigenvalue weighted by Crippen LogP contribution is 2.20. The summed E-state index contributed by atoms with van der Waals surface area (Å²) in [5.41, 5.74) is 0.534. The van der Waals surface area contributed by atoms with E-state index >= 15 is 0 Å². The lowest BCUT2D eigenvalue weighted by molar-refractivity contribution is 0.448. The Balaban J connectivity index is 1.85. The zero-order valence-corrected chi connectivity index (χ0v) is 8.81. The maximum atomic E-state index is 4.99. The molecule has 2 aromatic rings. The summed E-state index contributed by atoms with van der Waals surface area (Å²) in [7, 11) is 0.